The highest BCUT2D eigenvalue weighted by molar-refractivity contribution is 5.87. The molecule has 4 nitrogen and oxygen atoms in total. The minimum absolute atomic E-state index is 0.175. The number of carbonyl (C=O) groups is 1. The Morgan fingerprint density at radius 1 is 1.00 bits per heavy atom. The van der Waals surface area contributed by atoms with Gasteiger partial charge in [-0.1, -0.05) is 60.7 Å². The fourth-order valence-corrected chi connectivity index (χ4v) is 3.64. The lowest BCUT2D eigenvalue weighted by Gasteiger charge is -2.35. The van der Waals surface area contributed by atoms with Crippen LogP contribution in [0.25, 0.3) is 0 Å². The van der Waals surface area contributed by atoms with E-state index in [4.69, 9.17) is 9.47 Å². The standard InChI is InChI=1S/C22H27NO3/c1-2-26-21(24)22(19-9-5-3-6-10-19,20-11-7-4-8-12-20)13-14-23-15-17-25-18-16-23/h3-12H,2,13-18H2,1H3. The van der Waals surface area contributed by atoms with E-state index in [-0.39, 0.29) is 5.97 Å². The number of morpholine rings is 1. The Labute approximate surface area is 155 Å². The second-order valence-corrected chi connectivity index (χ2v) is 6.56. The predicted octanol–water partition coefficient (Wildman–Crippen LogP) is 3.26. The molecule has 1 heterocycles. The van der Waals surface area contributed by atoms with E-state index >= 15 is 0 Å². The van der Waals surface area contributed by atoms with Crippen LogP contribution in [0.2, 0.25) is 0 Å². The van der Waals surface area contributed by atoms with Crippen molar-refractivity contribution in [2.24, 2.45) is 0 Å². The molecule has 0 spiro atoms. The Balaban J connectivity index is 2.00. The molecule has 1 fully saturated rings. The molecule has 0 saturated carbocycles. The van der Waals surface area contributed by atoms with Crippen molar-refractivity contribution in [2.45, 2.75) is 18.8 Å². The van der Waals surface area contributed by atoms with Crippen LogP contribution in [-0.2, 0) is 19.7 Å². The summed E-state index contributed by atoms with van der Waals surface area (Å²) >= 11 is 0. The van der Waals surface area contributed by atoms with E-state index in [1.165, 1.54) is 0 Å². The fourth-order valence-electron chi connectivity index (χ4n) is 3.64. The molecule has 26 heavy (non-hydrogen) atoms. The van der Waals surface area contributed by atoms with E-state index in [0.717, 1.165) is 44.0 Å². The van der Waals surface area contributed by atoms with Crippen LogP contribution in [-0.4, -0.2) is 50.3 Å². The predicted molar refractivity (Wildman–Crippen MR) is 102 cm³/mol. The first-order chi connectivity index (χ1) is 12.8. The monoisotopic (exact) mass is 353 g/mol. The van der Waals surface area contributed by atoms with E-state index < -0.39 is 5.41 Å². The Morgan fingerprint density at radius 2 is 1.54 bits per heavy atom. The molecule has 0 unspecified atom stereocenters. The first kappa shape index (κ1) is 18.6. The van der Waals surface area contributed by atoms with Gasteiger partial charge in [0.15, 0.2) is 0 Å². The molecule has 2 aromatic rings. The summed E-state index contributed by atoms with van der Waals surface area (Å²) in [4.78, 5) is 15.6. The molecule has 3 rings (SSSR count). The van der Waals surface area contributed by atoms with Gasteiger partial charge in [0.05, 0.1) is 19.8 Å². The summed E-state index contributed by atoms with van der Waals surface area (Å²) in [7, 11) is 0. The summed E-state index contributed by atoms with van der Waals surface area (Å²) in [6.45, 7) is 6.38. The molecule has 1 aliphatic rings. The van der Waals surface area contributed by atoms with Crippen molar-refractivity contribution in [3.8, 4) is 0 Å². The van der Waals surface area contributed by atoms with E-state index in [0.29, 0.717) is 13.0 Å². The molecule has 1 saturated heterocycles. The van der Waals surface area contributed by atoms with Crippen LogP contribution in [0.3, 0.4) is 0 Å². The molecular weight excluding hydrogens is 326 g/mol. The maximum atomic E-state index is 13.3. The van der Waals surface area contributed by atoms with Crippen LogP contribution >= 0.6 is 0 Å². The Morgan fingerprint density at radius 3 is 2.04 bits per heavy atom. The van der Waals surface area contributed by atoms with Gasteiger partial charge in [-0.3, -0.25) is 9.69 Å². The maximum absolute atomic E-state index is 13.3. The quantitative estimate of drug-likeness (QED) is 0.716. The van der Waals surface area contributed by atoms with Gasteiger partial charge in [0.25, 0.3) is 0 Å². The van der Waals surface area contributed by atoms with E-state index in [1.54, 1.807) is 0 Å². The Hall–Kier alpha value is -2.17. The average Bonchev–Trinajstić information content (AvgIpc) is 2.71. The molecule has 0 bridgehead atoms. The number of hydrogen-bond acceptors (Lipinski definition) is 4. The zero-order valence-electron chi connectivity index (χ0n) is 15.4. The largest absolute Gasteiger partial charge is 0.465 e. The molecule has 2 aromatic carbocycles. The second-order valence-electron chi connectivity index (χ2n) is 6.56. The number of ether oxygens (including phenoxy) is 2. The van der Waals surface area contributed by atoms with Gasteiger partial charge < -0.3 is 9.47 Å². The van der Waals surface area contributed by atoms with Crippen molar-refractivity contribution in [3.63, 3.8) is 0 Å². The Kier molecular flexibility index (Phi) is 6.42. The van der Waals surface area contributed by atoms with Gasteiger partial charge in [-0.2, -0.15) is 0 Å². The Bertz CT molecular complexity index is 642. The first-order valence-electron chi connectivity index (χ1n) is 9.35. The summed E-state index contributed by atoms with van der Waals surface area (Å²) in [6, 6.07) is 20.0. The second kappa shape index (κ2) is 8.97. The van der Waals surface area contributed by atoms with Crippen molar-refractivity contribution in [2.75, 3.05) is 39.5 Å². The topological polar surface area (TPSA) is 38.8 Å². The number of benzene rings is 2. The molecule has 4 heteroatoms. The van der Waals surface area contributed by atoms with Crippen molar-refractivity contribution in [3.05, 3.63) is 71.8 Å². The van der Waals surface area contributed by atoms with Gasteiger partial charge in [0.1, 0.15) is 5.41 Å². The highest BCUT2D eigenvalue weighted by Crippen LogP contribution is 2.37. The highest BCUT2D eigenvalue weighted by Gasteiger charge is 2.43. The smallest absolute Gasteiger partial charge is 0.321 e. The summed E-state index contributed by atoms with van der Waals surface area (Å²) < 4.78 is 11.0. The molecule has 0 N–H and O–H groups in total. The number of carbonyl (C=O) groups excluding carboxylic acids is 1. The molecule has 0 radical (unpaired) electrons. The minimum atomic E-state index is -0.795. The van der Waals surface area contributed by atoms with Crippen LogP contribution in [0.5, 0.6) is 0 Å². The number of rotatable bonds is 7. The highest BCUT2D eigenvalue weighted by atomic mass is 16.5. The van der Waals surface area contributed by atoms with Gasteiger partial charge in [-0.05, 0) is 24.5 Å². The molecule has 0 aliphatic carbocycles. The molecule has 0 aromatic heterocycles. The molecule has 0 atom stereocenters. The third kappa shape index (κ3) is 3.97. The van der Waals surface area contributed by atoms with E-state index in [1.807, 2.05) is 67.6 Å². The molecule has 0 amide bonds. The van der Waals surface area contributed by atoms with Crippen LogP contribution in [0, 0.1) is 0 Å². The van der Waals surface area contributed by atoms with Gasteiger partial charge in [0, 0.05) is 19.6 Å². The minimum Gasteiger partial charge on any atom is -0.465 e. The summed E-state index contributed by atoms with van der Waals surface area (Å²) in [5, 5.41) is 0. The maximum Gasteiger partial charge on any atom is 0.321 e. The number of hydrogen-bond donors (Lipinski definition) is 0. The molecular formula is C22H27NO3. The molecule has 1 aliphatic heterocycles. The van der Waals surface area contributed by atoms with Crippen LogP contribution in [0.4, 0.5) is 0 Å². The van der Waals surface area contributed by atoms with Crippen LogP contribution in [0.15, 0.2) is 60.7 Å². The lowest BCUT2D eigenvalue weighted by molar-refractivity contribution is -0.149. The van der Waals surface area contributed by atoms with Crippen molar-refractivity contribution >= 4 is 5.97 Å². The SMILES string of the molecule is CCOC(=O)C(CCN1CCOCC1)(c1ccccc1)c1ccccc1. The molecule has 138 valence electrons. The van der Waals surface area contributed by atoms with E-state index in [9.17, 15) is 4.79 Å². The van der Waals surface area contributed by atoms with Crippen molar-refractivity contribution < 1.29 is 14.3 Å². The zero-order valence-corrected chi connectivity index (χ0v) is 15.4. The summed E-state index contributed by atoms with van der Waals surface area (Å²) in [6.07, 6.45) is 0.680. The third-order valence-electron chi connectivity index (χ3n) is 5.06. The van der Waals surface area contributed by atoms with Gasteiger partial charge in [-0.15, -0.1) is 0 Å². The summed E-state index contributed by atoms with van der Waals surface area (Å²) in [5.41, 5.74) is 1.17. The number of esters is 1. The lowest BCUT2D eigenvalue weighted by atomic mass is 9.71. The zero-order chi connectivity index (χ0) is 18.2. The van der Waals surface area contributed by atoms with Crippen LogP contribution < -0.4 is 0 Å². The normalized spacial score (nSPS) is 15.6. The summed E-state index contributed by atoms with van der Waals surface area (Å²) in [5.74, 6) is -0.175. The van der Waals surface area contributed by atoms with E-state index in [2.05, 4.69) is 4.90 Å². The van der Waals surface area contributed by atoms with Gasteiger partial charge in [0.2, 0.25) is 0 Å². The lowest BCUT2D eigenvalue weighted by Crippen LogP contribution is -2.44. The van der Waals surface area contributed by atoms with Crippen molar-refractivity contribution in [1.29, 1.82) is 0 Å². The first-order valence-corrected chi connectivity index (χ1v) is 9.35. The third-order valence-corrected chi connectivity index (χ3v) is 5.06. The van der Waals surface area contributed by atoms with Gasteiger partial charge in [-0.25, -0.2) is 0 Å². The average molecular weight is 353 g/mol. The van der Waals surface area contributed by atoms with Crippen molar-refractivity contribution in [1.82, 2.24) is 4.90 Å². The number of nitrogens with zero attached hydrogens (tertiary/aromatic N) is 1. The van der Waals surface area contributed by atoms with Crippen LogP contribution in [0.1, 0.15) is 24.5 Å². The fraction of sp³-hybridized carbons (Fsp3) is 0.409. The van der Waals surface area contributed by atoms with Gasteiger partial charge >= 0.3 is 5.97 Å².